The van der Waals surface area contributed by atoms with Gasteiger partial charge < -0.3 is 5.32 Å². The number of anilines is 1. The van der Waals surface area contributed by atoms with E-state index in [1.165, 1.54) is 11.3 Å². The van der Waals surface area contributed by atoms with Crippen molar-refractivity contribution in [2.75, 3.05) is 5.32 Å². The van der Waals surface area contributed by atoms with Gasteiger partial charge in [0.1, 0.15) is 16.4 Å². The molecular weight excluding hydrogens is 308 g/mol. The number of thiazole rings is 1. The zero-order valence-electron chi connectivity index (χ0n) is 10.7. The van der Waals surface area contributed by atoms with Crippen LogP contribution in [0.5, 0.6) is 0 Å². The molecule has 0 aliphatic heterocycles. The van der Waals surface area contributed by atoms with Crippen molar-refractivity contribution in [1.82, 2.24) is 15.0 Å². The highest BCUT2D eigenvalue weighted by atomic mass is 35.5. The van der Waals surface area contributed by atoms with Crippen molar-refractivity contribution in [3.63, 3.8) is 0 Å². The first-order chi connectivity index (χ1) is 10.2. The Kier molecular flexibility index (Phi) is 3.89. The fourth-order valence-corrected chi connectivity index (χ4v) is 2.60. The Hall–Kier alpha value is -2.31. The molecule has 0 spiro atoms. The van der Waals surface area contributed by atoms with Gasteiger partial charge in [0.2, 0.25) is 0 Å². The highest BCUT2D eigenvalue weighted by Crippen LogP contribution is 2.23. The van der Waals surface area contributed by atoms with Crippen molar-refractivity contribution in [2.45, 2.75) is 0 Å². The van der Waals surface area contributed by atoms with Crippen molar-refractivity contribution in [3.05, 3.63) is 59.0 Å². The normalized spacial score (nSPS) is 10.3. The van der Waals surface area contributed by atoms with Crippen LogP contribution >= 0.6 is 22.9 Å². The maximum atomic E-state index is 12.1. The van der Waals surface area contributed by atoms with Gasteiger partial charge in [-0.05, 0) is 12.1 Å². The summed E-state index contributed by atoms with van der Waals surface area (Å²) in [5, 5.41) is 5.53. The second kappa shape index (κ2) is 5.99. The maximum Gasteiger partial charge on any atom is 0.275 e. The lowest BCUT2D eigenvalue weighted by Crippen LogP contribution is -2.12. The van der Waals surface area contributed by atoms with E-state index in [2.05, 4.69) is 20.3 Å². The number of carbonyl (C=O) groups is 1. The predicted octanol–water partition coefficient (Wildman–Crippen LogP) is 3.51. The molecule has 2 aromatic heterocycles. The summed E-state index contributed by atoms with van der Waals surface area (Å²) in [6, 6.07) is 7.04. The fraction of sp³-hybridized carbons (Fsp3) is 0. The first-order valence-electron chi connectivity index (χ1n) is 6.02. The van der Waals surface area contributed by atoms with Gasteiger partial charge in [-0.1, -0.05) is 23.7 Å². The summed E-state index contributed by atoms with van der Waals surface area (Å²) >= 11 is 7.34. The number of hydrogen-bond donors (Lipinski definition) is 1. The number of aromatic nitrogens is 3. The van der Waals surface area contributed by atoms with Gasteiger partial charge >= 0.3 is 0 Å². The third-order valence-corrected chi connectivity index (χ3v) is 3.84. The number of carbonyl (C=O) groups excluding carboxylic acids is 1. The Labute approximate surface area is 129 Å². The molecule has 104 valence electrons. The molecule has 0 aliphatic rings. The summed E-state index contributed by atoms with van der Waals surface area (Å²) in [6.45, 7) is 0. The molecule has 5 nitrogen and oxygen atoms in total. The Balaban J connectivity index is 1.80. The third kappa shape index (κ3) is 3.07. The van der Waals surface area contributed by atoms with Crippen LogP contribution in [0.3, 0.4) is 0 Å². The molecule has 0 unspecified atom stereocenters. The van der Waals surface area contributed by atoms with Crippen LogP contribution in [0.25, 0.3) is 10.7 Å². The van der Waals surface area contributed by atoms with Crippen LogP contribution in [0.4, 0.5) is 5.69 Å². The number of benzene rings is 1. The van der Waals surface area contributed by atoms with Crippen LogP contribution in [0, 0.1) is 0 Å². The minimum absolute atomic E-state index is 0.311. The Bertz CT molecular complexity index is 775. The summed E-state index contributed by atoms with van der Waals surface area (Å²) in [4.78, 5) is 24.5. The summed E-state index contributed by atoms with van der Waals surface area (Å²) in [5.74, 6) is -0.311. The molecule has 1 aromatic carbocycles. The topological polar surface area (TPSA) is 67.8 Å². The molecule has 7 heteroatoms. The van der Waals surface area contributed by atoms with Crippen molar-refractivity contribution in [1.29, 1.82) is 0 Å². The molecule has 0 fully saturated rings. The minimum atomic E-state index is -0.311. The lowest BCUT2D eigenvalue weighted by molar-refractivity contribution is 0.102. The van der Waals surface area contributed by atoms with Crippen LogP contribution in [0.1, 0.15) is 10.5 Å². The molecule has 3 rings (SSSR count). The Morgan fingerprint density at radius 3 is 2.86 bits per heavy atom. The van der Waals surface area contributed by atoms with Gasteiger partial charge in [0.05, 0.1) is 16.9 Å². The van der Waals surface area contributed by atoms with Crippen LogP contribution in [-0.2, 0) is 0 Å². The molecule has 0 saturated carbocycles. The van der Waals surface area contributed by atoms with Crippen molar-refractivity contribution in [2.24, 2.45) is 0 Å². The van der Waals surface area contributed by atoms with E-state index in [-0.39, 0.29) is 5.91 Å². The van der Waals surface area contributed by atoms with E-state index in [0.29, 0.717) is 27.1 Å². The number of halogens is 1. The number of hydrogen-bond acceptors (Lipinski definition) is 5. The van der Waals surface area contributed by atoms with Crippen molar-refractivity contribution >= 4 is 34.5 Å². The van der Waals surface area contributed by atoms with Gasteiger partial charge in [-0.3, -0.25) is 14.8 Å². The van der Waals surface area contributed by atoms with E-state index < -0.39 is 0 Å². The van der Waals surface area contributed by atoms with E-state index in [1.807, 2.05) is 0 Å². The largest absolute Gasteiger partial charge is 0.319 e. The molecule has 0 aliphatic carbocycles. The molecular formula is C14H9ClN4OS. The van der Waals surface area contributed by atoms with Crippen LogP contribution < -0.4 is 5.32 Å². The van der Waals surface area contributed by atoms with Gasteiger partial charge in [0.25, 0.3) is 5.91 Å². The van der Waals surface area contributed by atoms with E-state index in [9.17, 15) is 4.79 Å². The molecule has 0 radical (unpaired) electrons. The van der Waals surface area contributed by atoms with E-state index in [0.717, 1.165) is 0 Å². The Morgan fingerprint density at radius 1 is 1.24 bits per heavy atom. The second-order valence-corrected chi connectivity index (χ2v) is 5.33. The van der Waals surface area contributed by atoms with Crippen LogP contribution in [-0.4, -0.2) is 20.9 Å². The SMILES string of the molecule is O=C(Nc1ccccc1Cl)c1csc(-c2cnccn2)n1. The molecule has 1 amide bonds. The zero-order valence-corrected chi connectivity index (χ0v) is 12.2. The molecule has 21 heavy (non-hydrogen) atoms. The number of amides is 1. The summed E-state index contributed by atoms with van der Waals surface area (Å²) in [6.07, 6.45) is 4.77. The standard InChI is InChI=1S/C14H9ClN4OS/c15-9-3-1-2-4-10(9)18-13(20)12-8-21-14(19-12)11-7-16-5-6-17-11/h1-8H,(H,18,20). The predicted molar refractivity (Wildman–Crippen MR) is 82.5 cm³/mol. The first-order valence-corrected chi connectivity index (χ1v) is 7.27. The van der Waals surface area contributed by atoms with E-state index >= 15 is 0 Å². The highest BCUT2D eigenvalue weighted by Gasteiger charge is 2.13. The van der Waals surface area contributed by atoms with E-state index in [4.69, 9.17) is 11.6 Å². The van der Waals surface area contributed by atoms with Crippen LogP contribution in [0.2, 0.25) is 5.02 Å². The van der Waals surface area contributed by atoms with Gasteiger partial charge in [-0.2, -0.15) is 0 Å². The van der Waals surface area contributed by atoms with E-state index in [1.54, 1.807) is 48.2 Å². The van der Waals surface area contributed by atoms with Crippen molar-refractivity contribution < 1.29 is 4.79 Å². The van der Waals surface area contributed by atoms with Gasteiger partial charge in [-0.15, -0.1) is 11.3 Å². The molecule has 0 atom stereocenters. The van der Waals surface area contributed by atoms with Gasteiger partial charge in [-0.25, -0.2) is 4.98 Å². The minimum Gasteiger partial charge on any atom is -0.319 e. The van der Waals surface area contributed by atoms with Crippen LogP contribution in [0.15, 0.2) is 48.2 Å². The summed E-state index contributed by atoms with van der Waals surface area (Å²) in [7, 11) is 0. The Morgan fingerprint density at radius 2 is 2.10 bits per heavy atom. The molecule has 2 heterocycles. The number of nitrogens with one attached hydrogen (secondary N) is 1. The zero-order chi connectivity index (χ0) is 14.7. The van der Waals surface area contributed by atoms with Gasteiger partial charge in [0, 0.05) is 17.8 Å². The van der Waals surface area contributed by atoms with Crippen molar-refractivity contribution in [3.8, 4) is 10.7 Å². The molecule has 0 bridgehead atoms. The fourth-order valence-electron chi connectivity index (χ4n) is 1.65. The third-order valence-electron chi connectivity index (χ3n) is 2.64. The summed E-state index contributed by atoms with van der Waals surface area (Å²) in [5.41, 5.74) is 1.51. The maximum absolute atomic E-state index is 12.1. The molecule has 0 saturated heterocycles. The smallest absolute Gasteiger partial charge is 0.275 e. The second-order valence-electron chi connectivity index (χ2n) is 4.06. The number of nitrogens with zero attached hydrogens (tertiary/aromatic N) is 3. The highest BCUT2D eigenvalue weighted by molar-refractivity contribution is 7.13. The lowest BCUT2D eigenvalue weighted by Gasteiger charge is -2.04. The quantitative estimate of drug-likeness (QED) is 0.803. The van der Waals surface area contributed by atoms with Gasteiger partial charge in [0.15, 0.2) is 0 Å². The monoisotopic (exact) mass is 316 g/mol. The molecule has 3 aromatic rings. The number of rotatable bonds is 3. The lowest BCUT2D eigenvalue weighted by atomic mass is 10.3. The first kappa shape index (κ1) is 13.7. The summed E-state index contributed by atoms with van der Waals surface area (Å²) < 4.78 is 0. The average molecular weight is 317 g/mol. The number of para-hydroxylation sites is 1. The average Bonchev–Trinajstić information content (AvgIpc) is 3.00. The molecule has 1 N–H and O–H groups in total.